The quantitative estimate of drug-likeness (QED) is 0.718. The molecule has 0 bridgehead atoms. The number of hydrogen-bond acceptors (Lipinski definition) is 4. The van der Waals surface area contributed by atoms with Crippen LogP contribution in [0.2, 0.25) is 0 Å². The summed E-state index contributed by atoms with van der Waals surface area (Å²) in [5, 5.41) is 8.84. The van der Waals surface area contributed by atoms with Gasteiger partial charge in [-0.1, -0.05) is 19.1 Å². The van der Waals surface area contributed by atoms with E-state index in [0.717, 1.165) is 17.7 Å². The molecule has 1 aromatic rings. The van der Waals surface area contributed by atoms with E-state index in [1.165, 1.54) is 0 Å². The number of amides is 2. The molecule has 1 saturated carbocycles. The first kappa shape index (κ1) is 18.0. The van der Waals surface area contributed by atoms with E-state index in [9.17, 15) is 9.59 Å². The third-order valence-electron chi connectivity index (χ3n) is 4.77. The molecule has 6 nitrogen and oxygen atoms in total. The number of nitrogens with one attached hydrogen (secondary N) is 3. The summed E-state index contributed by atoms with van der Waals surface area (Å²) in [6.45, 7) is 2.11. The minimum atomic E-state index is -0.237. The van der Waals surface area contributed by atoms with Gasteiger partial charge in [-0.2, -0.15) is 0 Å². The number of likely N-dealkylation sites (N-methyl/N-ethyl adjacent to an activating group) is 1. The lowest BCUT2D eigenvalue weighted by atomic mass is 9.98. The SMILES string of the molecule is CNC(=O)C1=CC(C(=O)NC2C[C@@H]2C)=CC(Cc2cccc(OC)c2)N1. The molecule has 2 amide bonds. The second-order valence-electron chi connectivity index (χ2n) is 6.86. The number of rotatable bonds is 6. The van der Waals surface area contributed by atoms with E-state index >= 15 is 0 Å². The molecule has 2 aliphatic rings. The van der Waals surface area contributed by atoms with Crippen LogP contribution in [0.25, 0.3) is 0 Å². The fourth-order valence-corrected chi connectivity index (χ4v) is 3.05. The Morgan fingerprint density at radius 3 is 2.73 bits per heavy atom. The Bertz CT molecular complexity index is 769. The predicted octanol–water partition coefficient (Wildman–Crippen LogP) is 1.29. The summed E-state index contributed by atoms with van der Waals surface area (Å²) < 4.78 is 5.27. The van der Waals surface area contributed by atoms with Crippen LogP contribution in [0.3, 0.4) is 0 Å². The molecular formula is C20H25N3O3. The Balaban J connectivity index is 1.78. The second-order valence-corrected chi connectivity index (χ2v) is 6.86. The highest BCUT2D eigenvalue weighted by atomic mass is 16.5. The summed E-state index contributed by atoms with van der Waals surface area (Å²) >= 11 is 0. The van der Waals surface area contributed by atoms with Crippen LogP contribution in [0, 0.1) is 5.92 Å². The highest BCUT2D eigenvalue weighted by Gasteiger charge is 2.34. The molecular weight excluding hydrogens is 330 g/mol. The number of ether oxygens (including phenoxy) is 1. The lowest BCUT2D eigenvalue weighted by Gasteiger charge is -2.24. The van der Waals surface area contributed by atoms with Crippen molar-refractivity contribution in [1.29, 1.82) is 0 Å². The van der Waals surface area contributed by atoms with Crippen molar-refractivity contribution in [2.75, 3.05) is 14.2 Å². The van der Waals surface area contributed by atoms with E-state index < -0.39 is 0 Å². The molecule has 2 unspecified atom stereocenters. The Hall–Kier alpha value is -2.76. The van der Waals surface area contributed by atoms with Crippen LogP contribution >= 0.6 is 0 Å². The van der Waals surface area contributed by atoms with Gasteiger partial charge in [-0.15, -0.1) is 0 Å². The van der Waals surface area contributed by atoms with Gasteiger partial charge in [0.15, 0.2) is 0 Å². The largest absolute Gasteiger partial charge is 0.497 e. The van der Waals surface area contributed by atoms with Crippen LogP contribution in [0.4, 0.5) is 0 Å². The number of carbonyl (C=O) groups is 2. The molecule has 0 saturated heterocycles. The fourth-order valence-electron chi connectivity index (χ4n) is 3.05. The Morgan fingerprint density at radius 2 is 2.08 bits per heavy atom. The molecule has 26 heavy (non-hydrogen) atoms. The van der Waals surface area contributed by atoms with Crippen molar-refractivity contribution in [3.8, 4) is 5.75 Å². The van der Waals surface area contributed by atoms with Gasteiger partial charge >= 0.3 is 0 Å². The molecule has 3 N–H and O–H groups in total. The average Bonchev–Trinajstić information content (AvgIpc) is 3.35. The summed E-state index contributed by atoms with van der Waals surface area (Å²) in [7, 11) is 3.21. The van der Waals surface area contributed by atoms with Crippen molar-refractivity contribution in [3.63, 3.8) is 0 Å². The Morgan fingerprint density at radius 1 is 1.31 bits per heavy atom. The van der Waals surface area contributed by atoms with Crippen LogP contribution in [0.15, 0.2) is 47.7 Å². The first-order valence-electron chi connectivity index (χ1n) is 8.86. The number of hydrogen-bond donors (Lipinski definition) is 3. The van der Waals surface area contributed by atoms with Crippen LogP contribution in [0.1, 0.15) is 18.9 Å². The molecule has 0 radical (unpaired) electrons. The van der Waals surface area contributed by atoms with E-state index in [-0.39, 0.29) is 23.9 Å². The van der Waals surface area contributed by atoms with Crippen LogP contribution in [-0.4, -0.2) is 38.1 Å². The lowest BCUT2D eigenvalue weighted by molar-refractivity contribution is -0.117. The van der Waals surface area contributed by atoms with E-state index in [2.05, 4.69) is 22.9 Å². The molecule has 3 rings (SSSR count). The monoisotopic (exact) mass is 355 g/mol. The summed E-state index contributed by atoms with van der Waals surface area (Å²) in [6.07, 6.45) is 5.15. The minimum absolute atomic E-state index is 0.127. The summed E-state index contributed by atoms with van der Waals surface area (Å²) in [5.74, 6) is 0.943. The molecule has 1 fully saturated rings. The van der Waals surface area contributed by atoms with Gasteiger partial charge in [0, 0.05) is 24.7 Å². The van der Waals surface area contributed by atoms with Crippen molar-refractivity contribution >= 4 is 11.8 Å². The zero-order valence-electron chi connectivity index (χ0n) is 15.3. The van der Waals surface area contributed by atoms with Gasteiger partial charge in [0.1, 0.15) is 11.4 Å². The van der Waals surface area contributed by atoms with Crippen molar-refractivity contribution in [2.24, 2.45) is 5.92 Å². The number of methoxy groups -OCH3 is 1. The van der Waals surface area contributed by atoms with Crippen LogP contribution in [-0.2, 0) is 16.0 Å². The predicted molar refractivity (Wildman–Crippen MR) is 99.6 cm³/mol. The lowest BCUT2D eigenvalue weighted by Crippen LogP contribution is -2.40. The fraction of sp³-hybridized carbons (Fsp3) is 0.400. The van der Waals surface area contributed by atoms with Gasteiger partial charge in [0.25, 0.3) is 11.8 Å². The van der Waals surface area contributed by atoms with Gasteiger partial charge in [-0.05, 0) is 48.6 Å². The summed E-state index contributed by atoms with van der Waals surface area (Å²) in [6, 6.07) is 7.86. The highest BCUT2D eigenvalue weighted by molar-refractivity contribution is 6.01. The minimum Gasteiger partial charge on any atom is -0.497 e. The zero-order valence-corrected chi connectivity index (χ0v) is 15.3. The third kappa shape index (κ3) is 4.25. The van der Waals surface area contributed by atoms with Crippen molar-refractivity contribution < 1.29 is 14.3 Å². The smallest absolute Gasteiger partial charge is 0.267 e. The second kappa shape index (κ2) is 7.64. The van der Waals surface area contributed by atoms with Gasteiger partial charge < -0.3 is 20.7 Å². The Kier molecular flexibility index (Phi) is 5.30. The molecule has 6 heteroatoms. The highest BCUT2D eigenvalue weighted by Crippen LogP contribution is 2.29. The maximum Gasteiger partial charge on any atom is 0.267 e. The Labute approximate surface area is 153 Å². The topological polar surface area (TPSA) is 79.5 Å². The first-order valence-corrected chi connectivity index (χ1v) is 8.86. The van der Waals surface area contributed by atoms with Gasteiger partial charge in [0.2, 0.25) is 0 Å². The van der Waals surface area contributed by atoms with Crippen LogP contribution in [0.5, 0.6) is 5.75 Å². The van der Waals surface area contributed by atoms with Crippen LogP contribution < -0.4 is 20.7 Å². The molecule has 0 aromatic heterocycles. The van der Waals surface area contributed by atoms with Crippen molar-refractivity contribution in [2.45, 2.75) is 31.8 Å². The molecule has 1 aliphatic heterocycles. The molecule has 1 aromatic carbocycles. The average molecular weight is 355 g/mol. The number of benzene rings is 1. The maximum atomic E-state index is 12.5. The maximum absolute atomic E-state index is 12.5. The van der Waals surface area contributed by atoms with E-state index in [0.29, 0.717) is 23.6 Å². The van der Waals surface area contributed by atoms with E-state index in [1.54, 1.807) is 20.2 Å². The normalized spacial score (nSPS) is 23.9. The molecule has 138 valence electrons. The number of dihydropyridines is 1. The molecule has 1 heterocycles. The van der Waals surface area contributed by atoms with Gasteiger partial charge in [-0.25, -0.2) is 0 Å². The van der Waals surface area contributed by atoms with Gasteiger partial charge in [0.05, 0.1) is 7.11 Å². The van der Waals surface area contributed by atoms with E-state index in [4.69, 9.17) is 4.74 Å². The molecule has 0 spiro atoms. The number of carbonyl (C=O) groups excluding carboxylic acids is 2. The summed E-state index contributed by atoms with van der Waals surface area (Å²) in [4.78, 5) is 24.6. The molecule has 3 atom stereocenters. The first-order chi connectivity index (χ1) is 12.5. The molecule has 1 aliphatic carbocycles. The standard InChI is InChI=1S/C20H25N3O3/c1-12-7-17(12)23-19(24)14-10-15(22-18(11-14)20(25)21-2)8-13-5-4-6-16(9-13)26-3/h4-6,9-12,15,17,22H,7-8H2,1-3H3,(H,21,25)(H,23,24)/t12-,15?,17?/m0/s1. The van der Waals surface area contributed by atoms with E-state index in [1.807, 2.05) is 30.3 Å². The van der Waals surface area contributed by atoms with Gasteiger partial charge in [-0.3, -0.25) is 9.59 Å². The van der Waals surface area contributed by atoms with Crippen molar-refractivity contribution in [1.82, 2.24) is 16.0 Å². The summed E-state index contributed by atoms with van der Waals surface area (Å²) in [5.41, 5.74) is 1.98. The third-order valence-corrected chi connectivity index (χ3v) is 4.77. The van der Waals surface area contributed by atoms with Crippen molar-refractivity contribution in [3.05, 3.63) is 53.3 Å². The zero-order chi connectivity index (χ0) is 18.7.